The first-order chi connectivity index (χ1) is 10.3. The summed E-state index contributed by atoms with van der Waals surface area (Å²) in [6.45, 7) is 7.07. The second kappa shape index (κ2) is 6.75. The topological polar surface area (TPSA) is 43.8 Å². The molecule has 1 aromatic rings. The van der Waals surface area contributed by atoms with E-state index in [1.165, 1.54) is 11.0 Å². The van der Waals surface area contributed by atoms with Crippen LogP contribution in [0, 0.1) is 5.82 Å². The van der Waals surface area contributed by atoms with Gasteiger partial charge in [0.25, 0.3) is 0 Å². The molecular formula is C17H25FN2O2. The first-order valence-electron chi connectivity index (χ1n) is 7.86. The molecule has 0 saturated carbocycles. The van der Waals surface area contributed by atoms with Crippen molar-refractivity contribution in [3.63, 3.8) is 0 Å². The number of halogens is 1. The maximum Gasteiger partial charge on any atom is 0.244 e. The second-order valence-corrected chi connectivity index (χ2v) is 6.47. The van der Waals surface area contributed by atoms with Gasteiger partial charge in [0.15, 0.2) is 0 Å². The van der Waals surface area contributed by atoms with Gasteiger partial charge in [-0.05, 0) is 45.4 Å². The highest BCUT2D eigenvalue weighted by molar-refractivity contribution is 5.98. The number of hydrogen-bond acceptors (Lipinski definition) is 3. The molecule has 1 fully saturated rings. The summed E-state index contributed by atoms with van der Waals surface area (Å²) in [5.74, 6) is -0.454. The number of para-hydroxylation sites is 1. The lowest BCUT2D eigenvalue weighted by molar-refractivity contribution is -0.126. The van der Waals surface area contributed by atoms with E-state index in [9.17, 15) is 14.3 Å². The molecular weight excluding hydrogens is 283 g/mol. The Balaban J connectivity index is 2.21. The van der Waals surface area contributed by atoms with Crippen molar-refractivity contribution in [1.29, 1.82) is 0 Å². The fourth-order valence-corrected chi connectivity index (χ4v) is 3.04. The number of amides is 1. The maximum atomic E-state index is 14.0. The smallest absolute Gasteiger partial charge is 0.244 e. The van der Waals surface area contributed by atoms with Gasteiger partial charge in [0.05, 0.1) is 17.3 Å². The van der Waals surface area contributed by atoms with Crippen LogP contribution in [0.3, 0.4) is 0 Å². The fourth-order valence-electron chi connectivity index (χ4n) is 3.04. The molecule has 1 saturated heterocycles. The van der Waals surface area contributed by atoms with Crippen LogP contribution in [0.4, 0.5) is 10.1 Å². The molecule has 0 radical (unpaired) electrons. The summed E-state index contributed by atoms with van der Waals surface area (Å²) in [4.78, 5) is 16.3. The summed E-state index contributed by atoms with van der Waals surface area (Å²) in [5, 5.41) is 10.0. The molecule has 0 bridgehead atoms. The van der Waals surface area contributed by atoms with E-state index >= 15 is 0 Å². The fraction of sp³-hybridized carbons (Fsp3) is 0.588. The molecule has 2 rings (SSSR count). The van der Waals surface area contributed by atoms with Crippen molar-refractivity contribution in [2.24, 2.45) is 0 Å². The van der Waals surface area contributed by atoms with Crippen LogP contribution in [0.25, 0.3) is 0 Å². The molecule has 1 N–H and O–H groups in total. The predicted octanol–water partition coefficient (Wildman–Crippen LogP) is 2.41. The third-order valence-corrected chi connectivity index (χ3v) is 3.99. The van der Waals surface area contributed by atoms with E-state index < -0.39 is 5.60 Å². The number of benzene rings is 1. The van der Waals surface area contributed by atoms with E-state index in [4.69, 9.17) is 0 Å². The number of anilines is 1. The van der Waals surface area contributed by atoms with Crippen LogP contribution >= 0.6 is 0 Å². The third kappa shape index (κ3) is 3.84. The Labute approximate surface area is 131 Å². The van der Waals surface area contributed by atoms with Crippen molar-refractivity contribution in [3.8, 4) is 0 Å². The van der Waals surface area contributed by atoms with Crippen molar-refractivity contribution in [1.82, 2.24) is 4.90 Å². The van der Waals surface area contributed by atoms with Crippen LogP contribution in [-0.4, -0.2) is 47.2 Å². The molecule has 4 nitrogen and oxygen atoms in total. The van der Waals surface area contributed by atoms with Crippen LogP contribution in [0.1, 0.15) is 33.6 Å². The summed E-state index contributed by atoms with van der Waals surface area (Å²) < 4.78 is 14.0. The van der Waals surface area contributed by atoms with Crippen molar-refractivity contribution in [2.45, 2.75) is 45.3 Å². The van der Waals surface area contributed by atoms with Crippen LogP contribution < -0.4 is 4.90 Å². The number of piperidine rings is 1. The molecule has 122 valence electrons. The minimum atomic E-state index is -0.865. The van der Waals surface area contributed by atoms with Gasteiger partial charge >= 0.3 is 0 Å². The number of carbonyl (C=O) groups excluding carboxylic acids is 1. The summed E-state index contributed by atoms with van der Waals surface area (Å²) in [5.41, 5.74) is -0.521. The van der Waals surface area contributed by atoms with Gasteiger partial charge in [-0.25, -0.2) is 4.39 Å². The largest absolute Gasteiger partial charge is 0.389 e. The third-order valence-electron chi connectivity index (χ3n) is 3.99. The van der Waals surface area contributed by atoms with E-state index in [0.29, 0.717) is 25.3 Å². The summed E-state index contributed by atoms with van der Waals surface area (Å²) in [6, 6.07) is 6.08. The minimum Gasteiger partial charge on any atom is -0.389 e. The first-order valence-corrected chi connectivity index (χ1v) is 7.86. The zero-order chi connectivity index (χ0) is 16.3. The Morgan fingerprint density at radius 2 is 2.09 bits per heavy atom. The van der Waals surface area contributed by atoms with E-state index in [2.05, 4.69) is 0 Å². The van der Waals surface area contributed by atoms with E-state index in [1.807, 2.05) is 11.8 Å². The lowest BCUT2D eigenvalue weighted by Gasteiger charge is -2.40. The lowest BCUT2D eigenvalue weighted by atomic mass is 9.99. The minimum absolute atomic E-state index is 0.0811. The molecule has 0 aromatic heterocycles. The molecule has 0 spiro atoms. The number of aliphatic hydroxyl groups is 1. The molecule has 1 heterocycles. The number of carbonyl (C=O) groups is 1. The normalized spacial score (nSPS) is 19.8. The molecule has 1 aliphatic rings. The summed E-state index contributed by atoms with van der Waals surface area (Å²) in [6.07, 6.45) is 1.57. The monoisotopic (exact) mass is 308 g/mol. The average Bonchev–Trinajstić information content (AvgIpc) is 2.45. The average molecular weight is 308 g/mol. The number of likely N-dealkylation sites (N-methyl/N-ethyl adjacent to an activating group) is 1. The molecule has 1 atom stereocenters. The van der Waals surface area contributed by atoms with Gasteiger partial charge in [-0.2, -0.15) is 0 Å². The number of nitrogens with zero attached hydrogens (tertiary/aromatic N) is 2. The van der Waals surface area contributed by atoms with E-state index in [1.54, 1.807) is 32.0 Å². The van der Waals surface area contributed by atoms with Crippen LogP contribution in [0.5, 0.6) is 0 Å². The maximum absolute atomic E-state index is 14.0. The highest BCUT2D eigenvalue weighted by Gasteiger charge is 2.35. The van der Waals surface area contributed by atoms with Crippen LogP contribution in [0.2, 0.25) is 0 Å². The van der Waals surface area contributed by atoms with Gasteiger partial charge in [0.1, 0.15) is 5.82 Å². The lowest BCUT2D eigenvalue weighted by Crippen LogP contribution is -2.55. The Kier molecular flexibility index (Phi) is 5.19. The predicted molar refractivity (Wildman–Crippen MR) is 85.3 cm³/mol. The molecule has 1 amide bonds. The van der Waals surface area contributed by atoms with Gasteiger partial charge < -0.3 is 10.0 Å². The van der Waals surface area contributed by atoms with Crippen molar-refractivity contribution in [3.05, 3.63) is 30.1 Å². The van der Waals surface area contributed by atoms with Gasteiger partial charge in [-0.3, -0.25) is 9.69 Å². The van der Waals surface area contributed by atoms with Crippen molar-refractivity contribution >= 4 is 11.6 Å². The highest BCUT2D eigenvalue weighted by atomic mass is 19.1. The Bertz CT molecular complexity index is 528. The zero-order valence-corrected chi connectivity index (χ0v) is 13.6. The molecule has 0 aliphatic carbocycles. The van der Waals surface area contributed by atoms with E-state index in [0.717, 1.165) is 12.8 Å². The Morgan fingerprint density at radius 3 is 2.68 bits per heavy atom. The Hall–Kier alpha value is -1.46. The molecule has 1 aromatic carbocycles. The summed E-state index contributed by atoms with van der Waals surface area (Å²) >= 11 is 0. The van der Waals surface area contributed by atoms with Crippen molar-refractivity contribution < 1.29 is 14.3 Å². The Morgan fingerprint density at radius 1 is 1.41 bits per heavy atom. The SMILES string of the molecule is CCN(CC(C)(C)O)C1CCCN(c2ccccc2F)C1=O. The van der Waals surface area contributed by atoms with Gasteiger partial charge in [0.2, 0.25) is 5.91 Å². The molecule has 1 aliphatic heterocycles. The van der Waals surface area contributed by atoms with Gasteiger partial charge in [-0.15, -0.1) is 0 Å². The summed E-state index contributed by atoms with van der Waals surface area (Å²) in [7, 11) is 0. The number of hydrogen-bond donors (Lipinski definition) is 1. The van der Waals surface area contributed by atoms with Crippen LogP contribution in [0.15, 0.2) is 24.3 Å². The second-order valence-electron chi connectivity index (χ2n) is 6.47. The van der Waals surface area contributed by atoms with Crippen molar-refractivity contribution in [2.75, 3.05) is 24.5 Å². The highest BCUT2D eigenvalue weighted by Crippen LogP contribution is 2.26. The number of rotatable bonds is 5. The molecule has 5 heteroatoms. The molecule has 1 unspecified atom stereocenters. The quantitative estimate of drug-likeness (QED) is 0.908. The first kappa shape index (κ1) is 16.9. The van der Waals surface area contributed by atoms with Crippen LogP contribution in [-0.2, 0) is 4.79 Å². The van der Waals surface area contributed by atoms with E-state index in [-0.39, 0.29) is 17.8 Å². The zero-order valence-electron chi connectivity index (χ0n) is 13.6. The van der Waals surface area contributed by atoms with Gasteiger partial charge in [-0.1, -0.05) is 19.1 Å². The molecule has 22 heavy (non-hydrogen) atoms. The standard InChI is InChI=1S/C17H25FN2O2/c1-4-19(12-17(2,3)22)15-10-7-11-20(16(15)21)14-9-6-5-8-13(14)18/h5-6,8-9,15,22H,4,7,10-12H2,1-3H3. The van der Waals surface area contributed by atoms with Gasteiger partial charge in [0, 0.05) is 13.1 Å².